The zero-order chi connectivity index (χ0) is 23.3. The summed E-state index contributed by atoms with van der Waals surface area (Å²) in [6.07, 6.45) is 14.9. The second kappa shape index (κ2) is 9.87. The Kier molecular flexibility index (Phi) is 6.33. The zero-order valence-electron chi connectivity index (χ0n) is 19.2. The molecular formula is C27H27N5O2. The number of benzene rings is 1. The van der Waals surface area contributed by atoms with Crippen LogP contribution in [0.3, 0.4) is 0 Å². The number of nitrogens with one attached hydrogen (secondary N) is 2. The number of ether oxygens (including phenoxy) is 1. The van der Waals surface area contributed by atoms with Crippen molar-refractivity contribution in [1.82, 2.24) is 20.2 Å². The molecule has 5 rings (SSSR count). The lowest BCUT2D eigenvalue weighted by Gasteiger charge is -2.12. The number of H-pyrrole nitrogens is 1. The highest BCUT2D eigenvalue weighted by Gasteiger charge is 2.16. The standard InChI is InChI=1S/C27H27N5O2/c1-34-25-12-10-22(17-29-25)30-27(33)26-23-14-20(9-11-24(23)31-32-26)21-13-19(15-28-16-21)8-7-18-5-3-2-4-6-18/h5,9-17H,2-4,6-8H2,1H3,(H,30,33)(H,31,32). The minimum atomic E-state index is -0.303. The lowest BCUT2D eigenvalue weighted by atomic mass is 9.94. The highest BCUT2D eigenvalue weighted by molar-refractivity contribution is 6.11. The predicted octanol–water partition coefficient (Wildman–Crippen LogP) is 5.71. The second-order valence-corrected chi connectivity index (χ2v) is 8.57. The Balaban J connectivity index is 1.36. The fourth-order valence-corrected chi connectivity index (χ4v) is 4.35. The third-order valence-corrected chi connectivity index (χ3v) is 6.23. The van der Waals surface area contributed by atoms with Gasteiger partial charge in [0.2, 0.25) is 5.88 Å². The number of hydrogen-bond donors (Lipinski definition) is 2. The van der Waals surface area contributed by atoms with Crippen molar-refractivity contribution in [2.75, 3.05) is 12.4 Å². The molecule has 0 saturated carbocycles. The van der Waals surface area contributed by atoms with Crippen molar-refractivity contribution in [3.8, 4) is 17.0 Å². The van der Waals surface area contributed by atoms with Crippen LogP contribution >= 0.6 is 0 Å². The number of anilines is 1. The summed E-state index contributed by atoms with van der Waals surface area (Å²) in [5.41, 5.74) is 6.53. The number of amides is 1. The predicted molar refractivity (Wildman–Crippen MR) is 133 cm³/mol. The van der Waals surface area contributed by atoms with Crippen LogP contribution in [0.4, 0.5) is 5.69 Å². The number of pyridine rings is 2. The molecule has 3 heterocycles. The molecule has 0 radical (unpaired) electrons. The first-order chi connectivity index (χ1) is 16.7. The van der Waals surface area contributed by atoms with Crippen molar-refractivity contribution in [2.24, 2.45) is 0 Å². The Morgan fingerprint density at radius 3 is 2.79 bits per heavy atom. The van der Waals surface area contributed by atoms with Crippen molar-refractivity contribution in [3.05, 3.63) is 77.9 Å². The van der Waals surface area contributed by atoms with Gasteiger partial charge >= 0.3 is 0 Å². The molecule has 1 aliphatic rings. The van der Waals surface area contributed by atoms with Gasteiger partial charge in [0, 0.05) is 29.4 Å². The molecule has 34 heavy (non-hydrogen) atoms. The molecule has 7 nitrogen and oxygen atoms in total. The minimum absolute atomic E-state index is 0.303. The van der Waals surface area contributed by atoms with E-state index in [1.165, 1.54) is 31.2 Å². The molecule has 3 aromatic heterocycles. The number of aryl methyl sites for hydroxylation is 1. The van der Waals surface area contributed by atoms with Gasteiger partial charge in [0.1, 0.15) is 0 Å². The third kappa shape index (κ3) is 4.83. The molecule has 0 bridgehead atoms. The summed E-state index contributed by atoms with van der Waals surface area (Å²) < 4.78 is 5.06. The Morgan fingerprint density at radius 2 is 2.00 bits per heavy atom. The van der Waals surface area contributed by atoms with Gasteiger partial charge in [-0.2, -0.15) is 5.10 Å². The van der Waals surface area contributed by atoms with Crippen molar-refractivity contribution < 1.29 is 9.53 Å². The summed E-state index contributed by atoms with van der Waals surface area (Å²) in [6.45, 7) is 0. The maximum atomic E-state index is 12.9. The third-order valence-electron chi connectivity index (χ3n) is 6.23. The van der Waals surface area contributed by atoms with Crippen LogP contribution in [-0.4, -0.2) is 33.2 Å². The first-order valence-electron chi connectivity index (χ1n) is 11.6. The molecule has 0 saturated heterocycles. The Bertz CT molecular complexity index is 1340. The fourth-order valence-electron chi connectivity index (χ4n) is 4.35. The van der Waals surface area contributed by atoms with Crippen LogP contribution in [-0.2, 0) is 6.42 Å². The van der Waals surface area contributed by atoms with Gasteiger partial charge in [0.05, 0.1) is 24.5 Å². The van der Waals surface area contributed by atoms with Crippen LogP contribution in [0, 0.1) is 0 Å². The largest absolute Gasteiger partial charge is 0.481 e. The summed E-state index contributed by atoms with van der Waals surface area (Å²) >= 11 is 0. The van der Waals surface area contributed by atoms with E-state index < -0.39 is 0 Å². The molecule has 2 N–H and O–H groups in total. The Labute approximate surface area is 198 Å². The zero-order valence-corrected chi connectivity index (χ0v) is 19.2. The topological polar surface area (TPSA) is 92.8 Å². The Hall–Kier alpha value is -4.00. The molecule has 0 fully saturated rings. The normalized spacial score (nSPS) is 13.5. The van der Waals surface area contributed by atoms with Gasteiger partial charge in [-0.1, -0.05) is 17.7 Å². The van der Waals surface area contributed by atoms with Gasteiger partial charge in [0.25, 0.3) is 5.91 Å². The van der Waals surface area contributed by atoms with Crippen LogP contribution in [0.5, 0.6) is 5.88 Å². The molecule has 0 spiro atoms. The van der Waals surface area contributed by atoms with E-state index in [4.69, 9.17) is 4.74 Å². The maximum Gasteiger partial charge on any atom is 0.276 e. The number of hydrogen-bond acceptors (Lipinski definition) is 5. The van der Waals surface area contributed by atoms with E-state index in [0.29, 0.717) is 17.3 Å². The van der Waals surface area contributed by atoms with Gasteiger partial charge in [-0.25, -0.2) is 4.98 Å². The van der Waals surface area contributed by atoms with E-state index in [0.717, 1.165) is 34.9 Å². The summed E-state index contributed by atoms with van der Waals surface area (Å²) in [5, 5.41) is 10.8. The monoisotopic (exact) mass is 453 g/mol. The summed E-state index contributed by atoms with van der Waals surface area (Å²) in [6, 6.07) is 11.6. The van der Waals surface area contributed by atoms with E-state index in [-0.39, 0.29) is 5.91 Å². The van der Waals surface area contributed by atoms with E-state index >= 15 is 0 Å². The minimum Gasteiger partial charge on any atom is -0.481 e. The van der Waals surface area contributed by atoms with E-state index in [2.05, 4.69) is 37.6 Å². The average molecular weight is 454 g/mol. The molecule has 0 unspecified atom stereocenters. The summed E-state index contributed by atoms with van der Waals surface area (Å²) in [5.74, 6) is 0.183. The molecule has 1 amide bonds. The quantitative estimate of drug-likeness (QED) is 0.350. The van der Waals surface area contributed by atoms with E-state index in [1.807, 2.05) is 30.6 Å². The lowest BCUT2D eigenvalue weighted by molar-refractivity contribution is 0.102. The number of rotatable bonds is 7. The first-order valence-corrected chi connectivity index (χ1v) is 11.6. The number of carbonyl (C=O) groups excluding carboxylic acids is 1. The van der Waals surface area contributed by atoms with E-state index in [9.17, 15) is 4.79 Å². The van der Waals surface area contributed by atoms with Crippen molar-refractivity contribution >= 4 is 22.5 Å². The molecule has 0 atom stereocenters. The van der Waals surface area contributed by atoms with Crippen molar-refractivity contribution in [3.63, 3.8) is 0 Å². The highest BCUT2D eigenvalue weighted by atomic mass is 16.5. The van der Waals surface area contributed by atoms with Crippen LogP contribution in [0.25, 0.3) is 22.0 Å². The lowest BCUT2D eigenvalue weighted by Crippen LogP contribution is -2.13. The molecule has 1 aromatic carbocycles. The van der Waals surface area contributed by atoms with Gasteiger partial charge in [-0.15, -0.1) is 0 Å². The van der Waals surface area contributed by atoms with Gasteiger partial charge in [-0.05, 0) is 73.9 Å². The van der Waals surface area contributed by atoms with Crippen molar-refractivity contribution in [1.29, 1.82) is 0 Å². The van der Waals surface area contributed by atoms with Gasteiger partial charge in [0.15, 0.2) is 5.69 Å². The van der Waals surface area contributed by atoms with Crippen LogP contribution in [0.2, 0.25) is 0 Å². The first kappa shape index (κ1) is 21.8. The average Bonchev–Trinajstić information content (AvgIpc) is 3.32. The maximum absolute atomic E-state index is 12.9. The SMILES string of the molecule is COc1ccc(NC(=O)c2n[nH]c3ccc(-c4cncc(CCC5=CCCCC5)c4)cc23)cn1. The molecule has 4 aromatic rings. The van der Waals surface area contributed by atoms with Crippen LogP contribution in [0.15, 0.2) is 66.6 Å². The molecule has 172 valence electrons. The van der Waals surface area contributed by atoms with Gasteiger partial charge < -0.3 is 10.1 Å². The molecule has 1 aliphatic carbocycles. The number of nitrogens with zero attached hydrogens (tertiary/aromatic N) is 3. The number of fused-ring (bicyclic) bond motifs is 1. The number of aromatic nitrogens is 4. The highest BCUT2D eigenvalue weighted by Crippen LogP contribution is 2.27. The van der Waals surface area contributed by atoms with Crippen LogP contribution in [0.1, 0.15) is 48.2 Å². The molecular weight excluding hydrogens is 426 g/mol. The van der Waals surface area contributed by atoms with Crippen LogP contribution < -0.4 is 10.1 Å². The second-order valence-electron chi connectivity index (χ2n) is 8.57. The smallest absolute Gasteiger partial charge is 0.276 e. The number of carbonyl (C=O) groups is 1. The van der Waals surface area contributed by atoms with E-state index in [1.54, 1.807) is 31.0 Å². The summed E-state index contributed by atoms with van der Waals surface area (Å²) in [7, 11) is 1.55. The molecule has 0 aliphatic heterocycles. The number of allylic oxidation sites excluding steroid dienone is 2. The fraction of sp³-hybridized carbons (Fsp3) is 0.259. The number of aromatic amines is 1. The Morgan fingerprint density at radius 1 is 1.06 bits per heavy atom. The van der Waals surface area contributed by atoms with Crippen molar-refractivity contribution in [2.45, 2.75) is 38.5 Å². The van der Waals surface area contributed by atoms with Gasteiger partial charge in [-0.3, -0.25) is 14.9 Å². The molecule has 7 heteroatoms. The number of methoxy groups -OCH3 is 1. The summed E-state index contributed by atoms with van der Waals surface area (Å²) in [4.78, 5) is 21.5.